The van der Waals surface area contributed by atoms with E-state index in [1.807, 2.05) is 0 Å². The first kappa shape index (κ1) is 13.5. The minimum absolute atomic E-state index is 0.0851. The van der Waals surface area contributed by atoms with Crippen LogP contribution in [0.4, 0.5) is 0 Å². The normalized spacial score (nSPS) is 23.8. The highest BCUT2D eigenvalue weighted by molar-refractivity contribution is 9.10. The summed E-state index contributed by atoms with van der Waals surface area (Å²) in [5, 5.41) is 5.44. The van der Waals surface area contributed by atoms with Crippen molar-refractivity contribution in [1.29, 1.82) is 0 Å². The van der Waals surface area contributed by atoms with Crippen LogP contribution in [-0.2, 0) is 16.1 Å². The van der Waals surface area contributed by atoms with Gasteiger partial charge in [0.1, 0.15) is 0 Å². The summed E-state index contributed by atoms with van der Waals surface area (Å²) in [6.07, 6.45) is 0.155. The lowest BCUT2D eigenvalue weighted by Gasteiger charge is -2.36. The minimum Gasteiger partial charge on any atom is -0.373 e. The highest BCUT2D eigenvalue weighted by Crippen LogP contribution is 2.21. The molecule has 0 saturated carbocycles. The standard InChI is InChI=1S/C12H18BrNO2S/c1-12(2)8-14-4-10(16-12)5-15-6-11-3-9(13)7-17-11/h3,7,10,14H,4-6,8H2,1-2H3. The predicted molar refractivity (Wildman–Crippen MR) is 73.5 cm³/mol. The van der Waals surface area contributed by atoms with E-state index in [0.29, 0.717) is 13.2 Å². The first-order valence-corrected chi connectivity index (χ1v) is 7.42. The number of morpholine rings is 1. The van der Waals surface area contributed by atoms with E-state index in [-0.39, 0.29) is 11.7 Å². The van der Waals surface area contributed by atoms with Gasteiger partial charge < -0.3 is 14.8 Å². The van der Waals surface area contributed by atoms with Gasteiger partial charge in [0.2, 0.25) is 0 Å². The summed E-state index contributed by atoms with van der Waals surface area (Å²) in [7, 11) is 0. The minimum atomic E-state index is -0.0851. The fourth-order valence-electron chi connectivity index (χ4n) is 1.88. The maximum Gasteiger partial charge on any atom is 0.0940 e. The third-order valence-electron chi connectivity index (χ3n) is 2.58. The molecule has 3 nitrogen and oxygen atoms in total. The van der Waals surface area contributed by atoms with E-state index in [0.717, 1.165) is 17.6 Å². The number of hydrogen-bond donors (Lipinski definition) is 1. The van der Waals surface area contributed by atoms with Crippen LogP contribution in [0.1, 0.15) is 18.7 Å². The van der Waals surface area contributed by atoms with Crippen molar-refractivity contribution in [3.05, 3.63) is 20.8 Å². The Bertz CT molecular complexity index is 367. The molecular formula is C12H18BrNO2S. The second-order valence-corrected chi connectivity index (χ2v) is 6.79. The molecule has 1 fully saturated rings. The summed E-state index contributed by atoms with van der Waals surface area (Å²) in [5.74, 6) is 0. The van der Waals surface area contributed by atoms with Crippen molar-refractivity contribution in [2.24, 2.45) is 0 Å². The second-order valence-electron chi connectivity index (χ2n) is 4.88. The van der Waals surface area contributed by atoms with E-state index >= 15 is 0 Å². The maximum atomic E-state index is 5.92. The Balaban J connectivity index is 1.71. The molecule has 0 spiro atoms. The second kappa shape index (κ2) is 5.80. The van der Waals surface area contributed by atoms with Crippen molar-refractivity contribution in [2.45, 2.75) is 32.2 Å². The Morgan fingerprint density at radius 1 is 1.65 bits per heavy atom. The Hall–Kier alpha value is 0.0600. The highest BCUT2D eigenvalue weighted by atomic mass is 79.9. The fourth-order valence-corrected chi connectivity index (χ4v) is 3.27. The van der Waals surface area contributed by atoms with Crippen molar-refractivity contribution >= 4 is 27.3 Å². The van der Waals surface area contributed by atoms with Gasteiger partial charge in [0.15, 0.2) is 0 Å². The molecule has 5 heteroatoms. The van der Waals surface area contributed by atoms with Crippen LogP contribution in [0.15, 0.2) is 15.9 Å². The summed E-state index contributed by atoms with van der Waals surface area (Å²) in [6.45, 7) is 7.28. The van der Waals surface area contributed by atoms with Gasteiger partial charge in [-0.05, 0) is 35.8 Å². The van der Waals surface area contributed by atoms with Gasteiger partial charge in [0.25, 0.3) is 0 Å². The molecule has 0 aromatic carbocycles. The summed E-state index contributed by atoms with van der Waals surface area (Å²) >= 11 is 5.14. The quantitative estimate of drug-likeness (QED) is 0.925. The van der Waals surface area contributed by atoms with Crippen molar-refractivity contribution in [3.8, 4) is 0 Å². The molecule has 17 heavy (non-hydrogen) atoms. The largest absolute Gasteiger partial charge is 0.373 e. The van der Waals surface area contributed by atoms with Crippen molar-refractivity contribution in [3.63, 3.8) is 0 Å². The average Bonchev–Trinajstić information content (AvgIpc) is 2.63. The van der Waals surface area contributed by atoms with Crippen LogP contribution in [0.5, 0.6) is 0 Å². The number of halogens is 1. The van der Waals surface area contributed by atoms with E-state index in [9.17, 15) is 0 Å². The summed E-state index contributed by atoms with van der Waals surface area (Å²) in [5.41, 5.74) is -0.0851. The van der Waals surface area contributed by atoms with Crippen LogP contribution in [0.2, 0.25) is 0 Å². The van der Waals surface area contributed by atoms with Gasteiger partial charge in [-0.2, -0.15) is 0 Å². The highest BCUT2D eigenvalue weighted by Gasteiger charge is 2.28. The number of ether oxygens (including phenoxy) is 2. The van der Waals surface area contributed by atoms with E-state index in [4.69, 9.17) is 9.47 Å². The molecule has 1 saturated heterocycles. The zero-order valence-corrected chi connectivity index (χ0v) is 12.6. The van der Waals surface area contributed by atoms with Crippen LogP contribution in [0, 0.1) is 0 Å². The monoisotopic (exact) mass is 319 g/mol. The first-order valence-electron chi connectivity index (χ1n) is 5.74. The molecular weight excluding hydrogens is 302 g/mol. The van der Waals surface area contributed by atoms with Crippen molar-refractivity contribution < 1.29 is 9.47 Å². The maximum absolute atomic E-state index is 5.92. The molecule has 2 rings (SSSR count). The van der Waals surface area contributed by atoms with Crippen LogP contribution in [0.3, 0.4) is 0 Å². The van der Waals surface area contributed by atoms with Crippen molar-refractivity contribution in [2.75, 3.05) is 19.7 Å². The molecule has 1 atom stereocenters. The van der Waals surface area contributed by atoms with Gasteiger partial charge in [-0.3, -0.25) is 0 Å². The molecule has 0 radical (unpaired) electrons. The number of nitrogens with one attached hydrogen (secondary N) is 1. The van der Waals surface area contributed by atoms with Crippen LogP contribution in [-0.4, -0.2) is 31.4 Å². The van der Waals surface area contributed by atoms with E-state index < -0.39 is 0 Å². The summed E-state index contributed by atoms with van der Waals surface area (Å²) in [4.78, 5) is 1.24. The van der Waals surface area contributed by atoms with Crippen LogP contribution >= 0.6 is 27.3 Å². The van der Waals surface area contributed by atoms with E-state index in [1.165, 1.54) is 4.88 Å². The lowest BCUT2D eigenvalue weighted by molar-refractivity contribution is -0.121. The summed E-state index contributed by atoms with van der Waals surface area (Å²) < 4.78 is 12.7. The molecule has 1 unspecified atom stereocenters. The molecule has 0 bridgehead atoms. The van der Waals surface area contributed by atoms with Gasteiger partial charge in [-0.25, -0.2) is 0 Å². The molecule has 0 amide bonds. The topological polar surface area (TPSA) is 30.5 Å². The Morgan fingerprint density at radius 2 is 2.47 bits per heavy atom. The fraction of sp³-hybridized carbons (Fsp3) is 0.667. The molecule has 1 N–H and O–H groups in total. The van der Waals surface area contributed by atoms with E-state index in [1.54, 1.807) is 11.3 Å². The van der Waals surface area contributed by atoms with Gasteiger partial charge >= 0.3 is 0 Å². The third-order valence-corrected chi connectivity index (χ3v) is 4.25. The van der Waals surface area contributed by atoms with Crippen LogP contribution in [0.25, 0.3) is 0 Å². The molecule has 2 heterocycles. The average molecular weight is 320 g/mol. The van der Waals surface area contributed by atoms with Gasteiger partial charge in [-0.1, -0.05) is 0 Å². The van der Waals surface area contributed by atoms with Gasteiger partial charge in [-0.15, -0.1) is 11.3 Å². The zero-order chi connectivity index (χ0) is 12.3. The summed E-state index contributed by atoms with van der Waals surface area (Å²) in [6, 6.07) is 2.09. The molecule has 1 aliphatic rings. The number of hydrogen-bond acceptors (Lipinski definition) is 4. The third kappa shape index (κ3) is 4.34. The lowest BCUT2D eigenvalue weighted by Crippen LogP contribution is -2.51. The Morgan fingerprint density at radius 3 is 3.12 bits per heavy atom. The smallest absolute Gasteiger partial charge is 0.0940 e. The van der Waals surface area contributed by atoms with Crippen molar-refractivity contribution in [1.82, 2.24) is 5.32 Å². The molecule has 1 aromatic heterocycles. The molecule has 1 aromatic rings. The predicted octanol–water partition coefficient (Wildman–Crippen LogP) is 2.79. The molecule has 96 valence electrons. The molecule has 0 aliphatic carbocycles. The first-order chi connectivity index (χ1) is 8.05. The molecule has 1 aliphatic heterocycles. The number of thiophene rings is 1. The zero-order valence-electron chi connectivity index (χ0n) is 10.2. The van der Waals surface area contributed by atoms with Crippen LogP contribution < -0.4 is 5.32 Å². The Labute approximate surface area is 115 Å². The lowest BCUT2D eigenvalue weighted by atomic mass is 10.1. The van der Waals surface area contributed by atoms with E-state index in [2.05, 4.69) is 46.5 Å². The Kier molecular flexibility index (Phi) is 4.60. The van der Waals surface area contributed by atoms with Gasteiger partial charge in [0, 0.05) is 27.8 Å². The SMILES string of the molecule is CC1(C)CNCC(COCc2cc(Br)cs2)O1. The van der Waals surface area contributed by atoms with Gasteiger partial charge in [0.05, 0.1) is 24.9 Å². The number of rotatable bonds is 4.